The molecule has 8 heteroatoms. The first-order chi connectivity index (χ1) is 13.5. The number of carbonyl (C=O) groups excluding carboxylic acids is 1. The number of nitrogens with zero attached hydrogens (tertiary/aromatic N) is 3. The maximum absolute atomic E-state index is 12.5. The Morgan fingerprint density at radius 2 is 1.96 bits per heavy atom. The second-order valence-corrected chi connectivity index (χ2v) is 5.87. The number of fused-ring (bicyclic) bond motifs is 1. The van der Waals surface area contributed by atoms with Crippen LogP contribution in [0.4, 0.5) is 0 Å². The summed E-state index contributed by atoms with van der Waals surface area (Å²) in [7, 11) is 3.05. The summed E-state index contributed by atoms with van der Waals surface area (Å²) in [6, 6.07) is 12.1. The molecule has 3 aromatic rings. The van der Waals surface area contributed by atoms with E-state index in [1.807, 2.05) is 6.92 Å². The van der Waals surface area contributed by atoms with Crippen LogP contribution in [-0.4, -0.2) is 35.6 Å². The highest BCUT2D eigenvalue weighted by atomic mass is 16.5. The van der Waals surface area contributed by atoms with Gasteiger partial charge in [-0.3, -0.25) is 9.59 Å². The van der Waals surface area contributed by atoms with Crippen molar-refractivity contribution in [3.8, 4) is 11.5 Å². The van der Waals surface area contributed by atoms with E-state index in [9.17, 15) is 9.59 Å². The largest absolute Gasteiger partial charge is 0.493 e. The van der Waals surface area contributed by atoms with Gasteiger partial charge in [0.05, 0.1) is 25.3 Å². The van der Waals surface area contributed by atoms with E-state index in [1.54, 1.807) is 49.6 Å². The van der Waals surface area contributed by atoms with Crippen LogP contribution < -0.4 is 20.5 Å². The second-order valence-electron chi connectivity index (χ2n) is 5.87. The summed E-state index contributed by atoms with van der Waals surface area (Å²) in [5.41, 5.74) is 3.02. The van der Waals surface area contributed by atoms with Crippen LogP contribution in [0.3, 0.4) is 0 Å². The number of benzene rings is 2. The molecule has 8 nitrogen and oxygen atoms in total. The summed E-state index contributed by atoms with van der Waals surface area (Å²) >= 11 is 0. The van der Waals surface area contributed by atoms with Gasteiger partial charge in [-0.05, 0) is 36.8 Å². The molecule has 0 aliphatic rings. The molecule has 0 atom stereocenters. The SMILES string of the molecule is CCOc1ccc(/C=N\NC(=O)c2nn(C)c(=O)c3ccccc23)cc1OC. The maximum atomic E-state index is 12.5. The molecular formula is C20H20N4O4. The lowest BCUT2D eigenvalue weighted by Crippen LogP contribution is -2.27. The fourth-order valence-corrected chi connectivity index (χ4v) is 2.73. The predicted octanol–water partition coefficient (Wildman–Crippen LogP) is 2.10. The van der Waals surface area contributed by atoms with Crippen LogP contribution in [0.25, 0.3) is 10.8 Å². The number of aromatic nitrogens is 2. The second kappa shape index (κ2) is 8.34. The zero-order chi connectivity index (χ0) is 20.1. The zero-order valence-corrected chi connectivity index (χ0v) is 15.8. The molecule has 1 N–H and O–H groups in total. The molecule has 0 radical (unpaired) electrons. The number of nitrogens with one attached hydrogen (secondary N) is 1. The van der Waals surface area contributed by atoms with Gasteiger partial charge in [0, 0.05) is 12.4 Å². The third-order valence-electron chi connectivity index (χ3n) is 4.04. The summed E-state index contributed by atoms with van der Waals surface area (Å²) in [5.74, 6) is 0.691. The minimum Gasteiger partial charge on any atom is -0.493 e. The highest BCUT2D eigenvalue weighted by Gasteiger charge is 2.15. The summed E-state index contributed by atoms with van der Waals surface area (Å²) in [6.45, 7) is 2.42. The van der Waals surface area contributed by atoms with E-state index in [0.29, 0.717) is 28.9 Å². The number of amides is 1. The number of rotatable bonds is 6. The Hall–Kier alpha value is -3.68. The molecule has 0 aliphatic heterocycles. The Balaban J connectivity index is 1.82. The minimum atomic E-state index is -0.513. The molecule has 0 unspecified atom stereocenters. The Bertz CT molecular complexity index is 1110. The van der Waals surface area contributed by atoms with Crippen molar-refractivity contribution in [2.24, 2.45) is 12.1 Å². The van der Waals surface area contributed by atoms with Gasteiger partial charge in [0.25, 0.3) is 11.5 Å². The van der Waals surface area contributed by atoms with Gasteiger partial charge < -0.3 is 9.47 Å². The average molecular weight is 380 g/mol. The molecular weight excluding hydrogens is 360 g/mol. The lowest BCUT2D eigenvalue weighted by atomic mass is 10.1. The third kappa shape index (κ3) is 3.85. The number of aryl methyl sites for hydroxylation is 1. The normalized spacial score (nSPS) is 11.0. The van der Waals surface area contributed by atoms with Crippen LogP contribution in [0, 0.1) is 0 Å². The molecule has 144 valence electrons. The van der Waals surface area contributed by atoms with Crippen LogP contribution in [0.2, 0.25) is 0 Å². The maximum Gasteiger partial charge on any atom is 0.292 e. The van der Waals surface area contributed by atoms with E-state index >= 15 is 0 Å². The lowest BCUT2D eigenvalue weighted by molar-refractivity contribution is 0.0950. The Morgan fingerprint density at radius 1 is 1.21 bits per heavy atom. The number of hydrogen-bond acceptors (Lipinski definition) is 6. The highest BCUT2D eigenvalue weighted by molar-refractivity contribution is 6.04. The standard InChI is InChI=1S/C20H20N4O4/c1-4-28-16-10-9-13(11-17(16)27-3)12-21-22-19(25)18-14-7-5-6-8-15(14)20(26)24(2)23-18/h5-12H,4H2,1-3H3,(H,22,25)/b21-12-. The number of ether oxygens (including phenoxy) is 2. The van der Waals surface area contributed by atoms with Gasteiger partial charge in [-0.1, -0.05) is 18.2 Å². The summed E-state index contributed by atoms with van der Waals surface area (Å²) in [5, 5.41) is 8.94. The molecule has 0 fully saturated rings. The van der Waals surface area contributed by atoms with Gasteiger partial charge in [-0.25, -0.2) is 10.1 Å². The Morgan fingerprint density at radius 3 is 2.68 bits per heavy atom. The summed E-state index contributed by atoms with van der Waals surface area (Å²) in [6.07, 6.45) is 1.49. The third-order valence-corrected chi connectivity index (χ3v) is 4.04. The fraction of sp³-hybridized carbons (Fsp3) is 0.200. The molecule has 0 spiro atoms. The Kier molecular flexibility index (Phi) is 5.69. The highest BCUT2D eigenvalue weighted by Crippen LogP contribution is 2.27. The van der Waals surface area contributed by atoms with Crippen molar-refractivity contribution in [1.29, 1.82) is 0 Å². The zero-order valence-electron chi connectivity index (χ0n) is 15.8. The van der Waals surface area contributed by atoms with Crippen LogP contribution >= 0.6 is 0 Å². The van der Waals surface area contributed by atoms with E-state index in [0.717, 1.165) is 10.2 Å². The molecule has 0 saturated carbocycles. The van der Waals surface area contributed by atoms with Gasteiger partial charge in [0.1, 0.15) is 0 Å². The monoisotopic (exact) mass is 380 g/mol. The van der Waals surface area contributed by atoms with Crippen molar-refractivity contribution in [3.63, 3.8) is 0 Å². The van der Waals surface area contributed by atoms with E-state index < -0.39 is 5.91 Å². The van der Waals surface area contributed by atoms with Gasteiger partial charge in [-0.2, -0.15) is 10.2 Å². The van der Waals surface area contributed by atoms with E-state index in [2.05, 4.69) is 15.6 Å². The van der Waals surface area contributed by atoms with Crippen molar-refractivity contribution in [2.45, 2.75) is 6.92 Å². The average Bonchev–Trinajstić information content (AvgIpc) is 2.71. The van der Waals surface area contributed by atoms with Crippen molar-refractivity contribution >= 4 is 22.9 Å². The summed E-state index contributed by atoms with van der Waals surface area (Å²) < 4.78 is 11.9. The number of hydrogen-bond donors (Lipinski definition) is 1. The predicted molar refractivity (Wildman–Crippen MR) is 106 cm³/mol. The lowest BCUT2D eigenvalue weighted by Gasteiger charge is -2.09. The molecule has 0 bridgehead atoms. The van der Waals surface area contributed by atoms with Crippen LogP contribution in [0.5, 0.6) is 11.5 Å². The van der Waals surface area contributed by atoms with Crippen molar-refractivity contribution < 1.29 is 14.3 Å². The van der Waals surface area contributed by atoms with Gasteiger partial charge in [-0.15, -0.1) is 0 Å². The topological polar surface area (TPSA) is 94.8 Å². The van der Waals surface area contributed by atoms with Gasteiger partial charge >= 0.3 is 0 Å². The Labute approximate surface area is 161 Å². The first-order valence-corrected chi connectivity index (χ1v) is 8.65. The van der Waals surface area contributed by atoms with E-state index in [4.69, 9.17) is 9.47 Å². The number of carbonyl (C=O) groups is 1. The van der Waals surface area contributed by atoms with Crippen LogP contribution in [-0.2, 0) is 7.05 Å². The molecule has 1 heterocycles. The molecule has 2 aromatic carbocycles. The molecule has 0 aliphatic carbocycles. The van der Waals surface area contributed by atoms with Gasteiger partial charge in [0.15, 0.2) is 17.2 Å². The van der Waals surface area contributed by atoms with E-state index in [-0.39, 0.29) is 11.3 Å². The van der Waals surface area contributed by atoms with Crippen molar-refractivity contribution in [2.75, 3.05) is 13.7 Å². The quantitative estimate of drug-likeness (QED) is 0.522. The molecule has 0 saturated heterocycles. The fourth-order valence-electron chi connectivity index (χ4n) is 2.73. The molecule has 1 amide bonds. The first-order valence-electron chi connectivity index (χ1n) is 8.65. The summed E-state index contributed by atoms with van der Waals surface area (Å²) in [4.78, 5) is 24.7. The van der Waals surface area contributed by atoms with Crippen LogP contribution in [0.1, 0.15) is 23.0 Å². The molecule has 3 rings (SSSR count). The van der Waals surface area contributed by atoms with Crippen molar-refractivity contribution in [1.82, 2.24) is 15.2 Å². The molecule has 1 aromatic heterocycles. The number of hydrazone groups is 1. The smallest absolute Gasteiger partial charge is 0.292 e. The van der Waals surface area contributed by atoms with Gasteiger partial charge in [0.2, 0.25) is 0 Å². The van der Waals surface area contributed by atoms with Crippen molar-refractivity contribution in [3.05, 3.63) is 64.1 Å². The number of methoxy groups -OCH3 is 1. The molecule has 28 heavy (non-hydrogen) atoms. The minimum absolute atomic E-state index is 0.124. The van der Waals surface area contributed by atoms with Crippen LogP contribution in [0.15, 0.2) is 52.4 Å². The first kappa shape index (κ1) is 19.1. The van der Waals surface area contributed by atoms with E-state index in [1.165, 1.54) is 13.3 Å².